The largest absolute Gasteiger partial charge is 0.389 e. The standard InChI is InChI=1S/C24H26F3N3O2/c1-24(2,32)12-29-23(31)28-11-13-7-15(8-13)20-18-9-17(26)10-19(27)22(18)30-21(20)14-3-5-16(25)6-4-14/h3-6,9-10,13,15,30,32H,7-8,11-12H2,1-2H3,(H2,28,29,31)/t13-,15-. The molecule has 8 heteroatoms. The maximum absolute atomic E-state index is 14.4. The number of nitrogens with one attached hydrogen (secondary N) is 3. The molecule has 0 atom stereocenters. The average Bonchev–Trinajstić information content (AvgIpc) is 3.04. The lowest BCUT2D eigenvalue weighted by Gasteiger charge is -2.36. The van der Waals surface area contributed by atoms with Crippen molar-refractivity contribution in [2.24, 2.45) is 5.92 Å². The summed E-state index contributed by atoms with van der Waals surface area (Å²) in [5.41, 5.74) is 1.41. The van der Waals surface area contributed by atoms with E-state index in [1.807, 2.05) is 0 Å². The van der Waals surface area contributed by atoms with E-state index in [4.69, 9.17) is 0 Å². The fourth-order valence-corrected chi connectivity index (χ4v) is 4.24. The highest BCUT2D eigenvalue weighted by molar-refractivity contribution is 5.92. The highest BCUT2D eigenvalue weighted by Gasteiger charge is 2.35. The van der Waals surface area contributed by atoms with Gasteiger partial charge in [0, 0.05) is 24.5 Å². The zero-order valence-corrected chi connectivity index (χ0v) is 17.9. The van der Waals surface area contributed by atoms with Crippen molar-refractivity contribution in [3.63, 3.8) is 0 Å². The van der Waals surface area contributed by atoms with Crippen LogP contribution in [-0.2, 0) is 0 Å². The first-order valence-electron chi connectivity index (χ1n) is 10.6. The predicted octanol–water partition coefficient (Wildman–Crippen LogP) is 4.82. The van der Waals surface area contributed by atoms with Gasteiger partial charge in [-0.25, -0.2) is 18.0 Å². The molecule has 0 saturated heterocycles. The molecule has 1 aliphatic rings. The maximum Gasteiger partial charge on any atom is 0.314 e. The van der Waals surface area contributed by atoms with E-state index in [0.717, 1.165) is 24.5 Å². The summed E-state index contributed by atoms with van der Waals surface area (Å²) in [6.07, 6.45) is 1.48. The number of aliphatic hydroxyl groups is 1. The number of amides is 2. The van der Waals surface area contributed by atoms with E-state index in [2.05, 4.69) is 15.6 Å². The number of aromatic amines is 1. The third-order valence-electron chi connectivity index (χ3n) is 5.87. The Hall–Kier alpha value is -3.00. The predicted molar refractivity (Wildman–Crippen MR) is 117 cm³/mol. The van der Waals surface area contributed by atoms with Crippen molar-refractivity contribution in [1.82, 2.24) is 15.6 Å². The lowest BCUT2D eigenvalue weighted by atomic mass is 9.70. The normalized spacial score (nSPS) is 18.4. The Morgan fingerprint density at radius 3 is 2.44 bits per heavy atom. The Morgan fingerprint density at radius 2 is 1.78 bits per heavy atom. The fraction of sp³-hybridized carbons (Fsp3) is 0.375. The Bertz CT molecular complexity index is 1130. The molecule has 2 aromatic carbocycles. The fourth-order valence-electron chi connectivity index (χ4n) is 4.24. The molecule has 1 aliphatic carbocycles. The second kappa shape index (κ2) is 8.50. The van der Waals surface area contributed by atoms with Gasteiger partial charge in [0.2, 0.25) is 0 Å². The topological polar surface area (TPSA) is 77.2 Å². The van der Waals surface area contributed by atoms with Gasteiger partial charge < -0.3 is 20.7 Å². The number of hydrogen-bond donors (Lipinski definition) is 4. The molecule has 1 aromatic heterocycles. The molecule has 0 aliphatic heterocycles. The molecule has 1 saturated carbocycles. The van der Waals surface area contributed by atoms with Crippen molar-refractivity contribution < 1.29 is 23.1 Å². The SMILES string of the molecule is CC(C)(O)CNC(=O)NC[C@H]1C[C@H](c2c(-c3ccc(F)cc3)[nH]c3c(F)cc(F)cc32)C1. The number of carbonyl (C=O) groups is 1. The third kappa shape index (κ3) is 4.75. The monoisotopic (exact) mass is 445 g/mol. The zero-order chi connectivity index (χ0) is 23.0. The summed E-state index contributed by atoms with van der Waals surface area (Å²) in [7, 11) is 0. The molecule has 2 amide bonds. The van der Waals surface area contributed by atoms with Gasteiger partial charge in [-0.05, 0) is 80.0 Å². The highest BCUT2D eigenvalue weighted by Crippen LogP contribution is 2.48. The minimum Gasteiger partial charge on any atom is -0.389 e. The average molecular weight is 445 g/mol. The van der Waals surface area contributed by atoms with E-state index in [1.165, 1.54) is 18.2 Å². The number of hydrogen-bond acceptors (Lipinski definition) is 2. The molecule has 170 valence electrons. The number of halogens is 3. The van der Waals surface area contributed by atoms with E-state index in [-0.39, 0.29) is 35.7 Å². The molecule has 5 nitrogen and oxygen atoms in total. The second-order valence-electron chi connectivity index (χ2n) is 9.14. The number of rotatable bonds is 6. The summed E-state index contributed by atoms with van der Waals surface area (Å²) in [4.78, 5) is 15.0. The summed E-state index contributed by atoms with van der Waals surface area (Å²) in [6.45, 7) is 3.82. The first-order chi connectivity index (χ1) is 15.1. The summed E-state index contributed by atoms with van der Waals surface area (Å²) < 4.78 is 41.8. The summed E-state index contributed by atoms with van der Waals surface area (Å²) in [5.74, 6) is -1.42. The van der Waals surface area contributed by atoms with E-state index >= 15 is 0 Å². The quantitative estimate of drug-likeness (QED) is 0.439. The number of aromatic nitrogens is 1. The van der Waals surface area contributed by atoms with Gasteiger partial charge in [-0.1, -0.05) is 0 Å². The number of H-pyrrole nitrogens is 1. The van der Waals surface area contributed by atoms with Crippen LogP contribution in [0.3, 0.4) is 0 Å². The molecular weight excluding hydrogens is 419 g/mol. The van der Waals surface area contributed by atoms with Gasteiger partial charge in [-0.15, -0.1) is 0 Å². The molecule has 0 radical (unpaired) electrons. The Balaban J connectivity index is 1.51. The molecule has 3 aromatic rings. The van der Waals surface area contributed by atoms with Crippen LogP contribution in [-0.4, -0.2) is 34.8 Å². The molecule has 4 rings (SSSR count). The van der Waals surface area contributed by atoms with Gasteiger partial charge in [0.15, 0.2) is 0 Å². The van der Waals surface area contributed by atoms with Crippen LogP contribution in [0.2, 0.25) is 0 Å². The van der Waals surface area contributed by atoms with Gasteiger partial charge in [-0.3, -0.25) is 0 Å². The van der Waals surface area contributed by atoms with E-state index in [9.17, 15) is 23.1 Å². The van der Waals surface area contributed by atoms with Crippen molar-refractivity contribution in [2.45, 2.75) is 38.2 Å². The summed E-state index contributed by atoms with van der Waals surface area (Å²) in [5, 5.41) is 15.6. The van der Waals surface area contributed by atoms with Gasteiger partial charge in [-0.2, -0.15) is 0 Å². The van der Waals surface area contributed by atoms with Crippen molar-refractivity contribution in [3.05, 3.63) is 59.4 Å². The minimum absolute atomic E-state index is 0.0521. The number of benzene rings is 2. The number of carbonyl (C=O) groups excluding carboxylic acids is 1. The van der Waals surface area contributed by atoms with Crippen LogP contribution in [0.4, 0.5) is 18.0 Å². The molecule has 1 heterocycles. The Morgan fingerprint density at radius 1 is 1.09 bits per heavy atom. The highest BCUT2D eigenvalue weighted by atomic mass is 19.1. The van der Waals surface area contributed by atoms with Crippen molar-refractivity contribution in [3.8, 4) is 11.3 Å². The van der Waals surface area contributed by atoms with Gasteiger partial charge in [0.05, 0.1) is 16.8 Å². The van der Waals surface area contributed by atoms with Crippen LogP contribution in [0.15, 0.2) is 36.4 Å². The van der Waals surface area contributed by atoms with Crippen LogP contribution in [0, 0.1) is 23.4 Å². The van der Waals surface area contributed by atoms with Crippen LogP contribution in [0.25, 0.3) is 22.2 Å². The van der Waals surface area contributed by atoms with Crippen LogP contribution >= 0.6 is 0 Å². The van der Waals surface area contributed by atoms with Crippen LogP contribution in [0.5, 0.6) is 0 Å². The molecule has 4 N–H and O–H groups in total. The minimum atomic E-state index is -0.991. The maximum atomic E-state index is 14.4. The van der Waals surface area contributed by atoms with Gasteiger partial charge in [0.1, 0.15) is 17.5 Å². The van der Waals surface area contributed by atoms with Crippen LogP contribution < -0.4 is 10.6 Å². The number of urea groups is 1. The van der Waals surface area contributed by atoms with E-state index in [1.54, 1.807) is 26.0 Å². The van der Waals surface area contributed by atoms with Gasteiger partial charge in [0.25, 0.3) is 0 Å². The van der Waals surface area contributed by atoms with E-state index < -0.39 is 17.2 Å². The van der Waals surface area contributed by atoms with Crippen LogP contribution in [0.1, 0.15) is 38.2 Å². The van der Waals surface area contributed by atoms with Gasteiger partial charge >= 0.3 is 6.03 Å². The van der Waals surface area contributed by atoms with E-state index in [0.29, 0.717) is 23.2 Å². The number of fused-ring (bicyclic) bond motifs is 1. The summed E-state index contributed by atoms with van der Waals surface area (Å²) in [6, 6.07) is 7.72. The smallest absolute Gasteiger partial charge is 0.314 e. The second-order valence-corrected chi connectivity index (χ2v) is 9.14. The molecule has 0 bridgehead atoms. The third-order valence-corrected chi connectivity index (χ3v) is 5.87. The first kappa shape index (κ1) is 22.2. The molecule has 32 heavy (non-hydrogen) atoms. The zero-order valence-electron chi connectivity index (χ0n) is 17.9. The Labute approximate surface area is 184 Å². The molecule has 0 unspecified atom stereocenters. The first-order valence-corrected chi connectivity index (χ1v) is 10.6. The molecule has 1 fully saturated rings. The Kier molecular flexibility index (Phi) is 5.90. The lowest BCUT2D eigenvalue weighted by Crippen LogP contribution is -2.45. The molecule has 0 spiro atoms. The summed E-state index contributed by atoms with van der Waals surface area (Å²) >= 11 is 0. The lowest BCUT2D eigenvalue weighted by molar-refractivity contribution is 0.0818. The molecular formula is C24H26F3N3O2. The van der Waals surface area contributed by atoms with Crippen molar-refractivity contribution in [1.29, 1.82) is 0 Å². The van der Waals surface area contributed by atoms with Crippen molar-refractivity contribution >= 4 is 16.9 Å². The van der Waals surface area contributed by atoms with Crippen molar-refractivity contribution in [2.75, 3.05) is 13.1 Å².